The molecular formula is C22H20N4O3. The van der Waals surface area contributed by atoms with Crippen molar-refractivity contribution in [3.05, 3.63) is 84.7 Å². The van der Waals surface area contributed by atoms with Crippen LogP contribution in [0.1, 0.15) is 11.6 Å². The second-order valence-electron chi connectivity index (χ2n) is 6.68. The molecule has 1 fully saturated rings. The monoisotopic (exact) mass is 388 g/mol. The van der Waals surface area contributed by atoms with Crippen LogP contribution in [-0.2, 0) is 9.53 Å². The van der Waals surface area contributed by atoms with Crippen LogP contribution in [0.3, 0.4) is 0 Å². The number of carbonyl (C=O) groups is 2. The van der Waals surface area contributed by atoms with Gasteiger partial charge in [-0.2, -0.15) is 5.10 Å². The van der Waals surface area contributed by atoms with Crippen molar-refractivity contribution >= 4 is 12.0 Å². The van der Waals surface area contributed by atoms with Gasteiger partial charge in [0.2, 0.25) is 0 Å². The molecule has 2 heterocycles. The Morgan fingerprint density at radius 2 is 1.76 bits per heavy atom. The first-order chi connectivity index (χ1) is 14.1. The molecule has 7 nitrogen and oxygen atoms in total. The summed E-state index contributed by atoms with van der Waals surface area (Å²) in [4.78, 5) is 24.7. The van der Waals surface area contributed by atoms with Crippen LogP contribution in [0.4, 0.5) is 4.79 Å². The quantitative estimate of drug-likeness (QED) is 0.672. The predicted octanol–water partition coefficient (Wildman–Crippen LogP) is 3.20. The van der Waals surface area contributed by atoms with E-state index in [1.807, 2.05) is 66.9 Å². The van der Waals surface area contributed by atoms with Crippen molar-refractivity contribution in [1.29, 1.82) is 0 Å². The molecule has 0 aliphatic carbocycles. The van der Waals surface area contributed by atoms with Crippen molar-refractivity contribution in [3.8, 4) is 16.9 Å². The van der Waals surface area contributed by atoms with Gasteiger partial charge >= 0.3 is 12.0 Å². The molecule has 0 unspecified atom stereocenters. The maximum absolute atomic E-state index is 12.5. The zero-order chi connectivity index (χ0) is 20.4. The number of esters is 1. The fourth-order valence-corrected chi connectivity index (χ4v) is 3.50. The lowest BCUT2D eigenvalue weighted by Crippen LogP contribution is -2.51. The van der Waals surface area contributed by atoms with E-state index in [9.17, 15) is 9.59 Å². The number of aromatic nitrogens is 2. The number of para-hydroxylation sites is 1. The van der Waals surface area contributed by atoms with Crippen LogP contribution < -0.4 is 10.6 Å². The van der Waals surface area contributed by atoms with Gasteiger partial charge in [-0.3, -0.25) is 4.79 Å². The molecule has 4 rings (SSSR count). The Bertz CT molecular complexity index is 1060. The first-order valence-corrected chi connectivity index (χ1v) is 9.13. The topological polar surface area (TPSA) is 85.3 Å². The smallest absolute Gasteiger partial charge is 0.319 e. The van der Waals surface area contributed by atoms with Gasteiger partial charge in [0.15, 0.2) is 0 Å². The van der Waals surface area contributed by atoms with Gasteiger partial charge < -0.3 is 15.4 Å². The van der Waals surface area contributed by atoms with Gasteiger partial charge in [-0.05, 0) is 12.1 Å². The van der Waals surface area contributed by atoms with E-state index in [4.69, 9.17) is 9.84 Å². The molecule has 146 valence electrons. The van der Waals surface area contributed by atoms with Crippen LogP contribution in [0, 0.1) is 5.92 Å². The van der Waals surface area contributed by atoms with Gasteiger partial charge in [0.05, 0.1) is 24.5 Å². The Labute approximate surface area is 168 Å². The van der Waals surface area contributed by atoms with Gasteiger partial charge in [0, 0.05) is 23.0 Å². The molecule has 3 aromatic rings. The van der Waals surface area contributed by atoms with Crippen LogP contribution >= 0.6 is 0 Å². The van der Waals surface area contributed by atoms with Crippen molar-refractivity contribution in [1.82, 2.24) is 20.4 Å². The standard InChI is InChI=1S/C22H20N4O3/c1-14-18(21(27)29-2)20(24-22(28)23-14)17-13-26(16-11-7-4-8-12-16)25-19(17)15-9-5-3-6-10-15/h3-13,18,20H,1H2,2H3,(H2,23,24,28)/t18-,20+/m0/s1. The van der Waals surface area contributed by atoms with Crippen LogP contribution in [0.5, 0.6) is 0 Å². The molecule has 0 radical (unpaired) electrons. The number of methoxy groups -OCH3 is 1. The molecule has 0 saturated carbocycles. The van der Waals surface area contributed by atoms with Gasteiger partial charge in [-0.25, -0.2) is 9.48 Å². The zero-order valence-corrected chi connectivity index (χ0v) is 15.8. The summed E-state index contributed by atoms with van der Waals surface area (Å²) >= 11 is 0. The van der Waals surface area contributed by atoms with Crippen molar-refractivity contribution < 1.29 is 14.3 Å². The Morgan fingerprint density at radius 3 is 2.41 bits per heavy atom. The summed E-state index contributed by atoms with van der Waals surface area (Å²) in [6.07, 6.45) is 1.83. The molecule has 1 aromatic heterocycles. The molecule has 1 saturated heterocycles. The van der Waals surface area contributed by atoms with Crippen LogP contribution in [0.25, 0.3) is 16.9 Å². The maximum Gasteiger partial charge on any atom is 0.319 e. The number of carbonyl (C=O) groups excluding carboxylic acids is 2. The third-order valence-corrected chi connectivity index (χ3v) is 4.87. The number of ether oxygens (including phenoxy) is 1. The van der Waals surface area contributed by atoms with Gasteiger partial charge in [-0.15, -0.1) is 0 Å². The van der Waals surface area contributed by atoms with Gasteiger partial charge in [0.1, 0.15) is 5.92 Å². The van der Waals surface area contributed by atoms with E-state index in [1.165, 1.54) is 7.11 Å². The molecule has 29 heavy (non-hydrogen) atoms. The summed E-state index contributed by atoms with van der Waals surface area (Å²) in [6.45, 7) is 3.86. The minimum atomic E-state index is -0.784. The van der Waals surface area contributed by atoms with E-state index < -0.39 is 24.0 Å². The molecule has 0 bridgehead atoms. The summed E-state index contributed by atoms with van der Waals surface area (Å²) in [6, 6.07) is 18.2. The van der Waals surface area contributed by atoms with Crippen molar-refractivity contribution in [3.63, 3.8) is 0 Å². The summed E-state index contributed by atoms with van der Waals surface area (Å²) in [7, 11) is 1.31. The number of hydrogen-bond donors (Lipinski definition) is 2. The number of nitrogens with one attached hydrogen (secondary N) is 2. The van der Waals surface area contributed by atoms with Crippen molar-refractivity contribution in [2.45, 2.75) is 6.04 Å². The highest BCUT2D eigenvalue weighted by atomic mass is 16.5. The summed E-state index contributed by atoms with van der Waals surface area (Å²) in [5, 5.41) is 10.2. The molecule has 7 heteroatoms. The molecule has 1 aliphatic rings. The fourth-order valence-electron chi connectivity index (χ4n) is 3.50. The number of urea groups is 1. The predicted molar refractivity (Wildman–Crippen MR) is 108 cm³/mol. The normalized spacial score (nSPS) is 18.7. The molecule has 2 N–H and O–H groups in total. The van der Waals surface area contributed by atoms with E-state index in [0.29, 0.717) is 11.3 Å². The van der Waals surface area contributed by atoms with E-state index in [-0.39, 0.29) is 5.70 Å². The largest absolute Gasteiger partial charge is 0.468 e. The lowest BCUT2D eigenvalue weighted by molar-refractivity contribution is -0.145. The van der Waals surface area contributed by atoms with E-state index in [0.717, 1.165) is 11.3 Å². The number of nitrogens with zero attached hydrogens (tertiary/aromatic N) is 2. The Balaban J connectivity index is 1.88. The number of benzene rings is 2. The molecule has 2 atom stereocenters. The summed E-state index contributed by atoms with van der Waals surface area (Å²) in [5.74, 6) is -1.27. The highest BCUT2D eigenvalue weighted by Crippen LogP contribution is 2.36. The molecule has 2 amide bonds. The summed E-state index contributed by atoms with van der Waals surface area (Å²) in [5.41, 5.74) is 3.40. The first-order valence-electron chi connectivity index (χ1n) is 9.13. The van der Waals surface area contributed by atoms with Crippen LogP contribution in [-0.4, -0.2) is 28.9 Å². The minimum absolute atomic E-state index is 0.289. The average Bonchev–Trinajstić information content (AvgIpc) is 3.19. The number of hydrogen-bond acceptors (Lipinski definition) is 4. The molecule has 2 aromatic carbocycles. The lowest BCUT2D eigenvalue weighted by Gasteiger charge is -2.32. The average molecular weight is 388 g/mol. The molecule has 0 spiro atoms. The van der Waals surface area contributed by atoms with E-state index in [2.05, 4.69) is 17.2 Å². The van der Waals surface area contributed by atoms with Crippen molar-refractivity contribution in [2.75, 3.05) is 7.11 Å². The van der Waals surface area contributed by atoms with Gasteiger partial charge in [0.25, 0.3) is 0 Å². The third-order valence-electron chi connectivity index (χ3n) is 4.87. The number of amides is 2. The Hall–Kier alpha value is -3.87. The van der Waals surface area contributed by atoms with Crippen LogP contribution in [0.2, 0.25) is 0 Å². The Morgan fingerprint density at radius 1 is 1.10 bits per heavy atom. The highest BCUT2D eigenvalue weighted by Gasteiger charge is 2.40. The van der Waals surface area contributed by atoms with Gasteiger partial charge in [-0.1, -0.05) is 55.1 Å². The van der Waals surface area contributed by atoms with E-state index >= 15 is 0 Å². The lowest BCUT2D eigenvalue weighted by atomic mass is 9.88. The number of rotatable bonds is 4. The third kappa shape index (κ3) is 3.50. The summed E-state index contributed by atoms with van der Waals surface area (Å²) < 4.78 is 6.70. The second kappa shape index (κ2) is 7.63. The molecular weight excluding hydrogens is 368 g/mol. The Kier molecular flexibility index (Phi) is 4.87. The zero-order valence-electron chi connectivity index (χ0n) is 15.8. The highest BCUT2D eigenvalue weighted by molar-refractivity contribution is 5.86. The second-order valence-corrected chi connectivity index (χ2v) is 6.68. The SMILES string of the molecule is C=C1NC(=O)N[C@H](c2cn(-c3ccccc3)nc2-c2ccccc2)[C@H]1C(=O)OC. The fraction of sp³-hybridized carbons (Fsp3) is 0.136. The first kappa shape index (κ1) is 18.5. The molecule has 1 aliphatic heterocycles. The van der Waals surface area contributed by atoms with Crippen LogP contribution in [0.15, 0.2) is 79.1 Å². The van der Waals surface area contributed by atoms with E-state index in [1.54, 1.807) is 4.68 Å². The maximum atomic E-state index is 12.5. The van der Waals surface area contributed by atoms with Crippen molar-refractivity contribution in [2.24, 2.45) is 5.92 Å². The minimum Gasteiger partial charge on any atom is -0.468 e.